The number of hydrogen-bond acceptors (Lipinski definition) is 5. The van der Waals surface area contributed by atoms with Crippen molar-refractivity contribution in [2.75, 3.05) is 23.8 Å². The Kier molecular flexibility index (Phi) is 6.99. The van der Waals surface area contributed by atoms with Gasteiger partial charge in [-0.25, -0.2) is 9.78 Å². The highest BCUT2D eigenvalue weighted by Gasteiger charge is 2.21. The fourth-order valence-electron chi connectivity index (χ4n) is 2.20. The normalized spacial score (nSPS) is 10.7. The predicted molar refractivity (Wildman–Crippen MR) is 86.6 cm³/mol. The minimum absolute atomic E-state index is 0.256. The third-order valence-corrected chi connectivity index (χ3v) is 3.28. The Bertz CT molecular complexity index is 461. The fourth-order valence-corrected chi connectivity index (χ4v) is 2.20. The first kappa shape index (κ1) is 17.3. The van der Waals surface area contributed by atoms with Gasteiger partial charge in [0.1, 0.15) is 11.4 Å². The minimum atomic E-state index is -0.367. The largest absolute Gasteiger partial charge is 0.462 e. The maximum Gasteiger partial charge on any atom is 0.341 e. The smallest absolute Gasteiger partial charge is 0.341 e. The zero-order valence-electron chi connectivity index (χ0n) is 13.6. The summed E-state index contributed by atoms with van der Waals surface area (Å²) in [6.07, 6.45) is 4.98. The summed E-state index contributed by atoms with van der Waals surface area (Å²) in [7, 11) is 0. The van der Waals surface area contributed by atoms with Crippen molar-refractivity contribution in [3.05, 3.63) is 17.8 Å². The topological polar surface area (TPSA) is 68.5 Å². The SMILES string of the molecule is CCCCCN(c1ncc(N)cc1C(=O)OCC)C(C)C. The van der Waals surface area contributed by atoms with E-state index in [1.807, 2.05) is 0 Å². The van der Waals surface area contributed by atoms with Crippen LogP contribution in [0.1, 0.15) is 57.3 Å². The van der Waals surface area contributed by atoms with Gasteiger partial charge in [0.15, 0.2) is 0 Å². The van der Waals surface area contributed by atoms with Crippen LogP contribution >= 0.6 is 0 Å². The molecule has 0 radical (unpaired) electrons. The molecule has 0 unspecified atom stereocenters. The second-order valence-corrected chi connectivity index (χ2v) is 5.35. The standard InChI is InChI=1S/C16H27N3O2/c1-5-7-8-9-19(12(3)4)15-14(16(20)21-6-2)10-13(17)11-18-15/h10-12H,5-9,17H2,1-4H3. The van der Waals surface area contributed by atoms with Crippen LogP contribution < -0.4 is 10.6 Å². The Hall–Kier alpha value is -1.78. The number of unbranched alkanes of at least 4 members (excludes halogenated alkanes) is 2. The Morgan fingerprint density at radius 2 is 2.10 bits per heavy atom. The molecule has 1 heterocycles. The molecule has 0 saturated carbocycles. The maximum atomic E-state index is 12.1. The van der Waals surface area contributed by atoms with Crippen molar-refractivity contribution in [2.24, 2.45) is 0 Å². The molecular formula is C16H27N3O2. The summed E-state index contributed by atoms with van der Waals surface area (Å²) in [5.74, 6) is 0.294. The van der Waals surface area contributed by atoms with Crippen LogP contribution in [-0.2, 0) is 4.74 Å². The summed E-state index contributed by atoms with van der Waals surface area (Å²) in [5, 5.41) is 0. The van der Waals surface area contributed by atoms with Crippen molar-refractivity contribution in [3.63, 3.8) is 0 Å². The summed E-state index contributed by atoms with van der Waals surface area (Å²) in [6, 6.07) is 1.90. The van der Waals surface area contributed by atoms with Gasteiger partial charge in [0.2, 0.25) is 0 Å². The number of nitrogen functional groups attached to an aromatic ring is 1. The lowest BCUT2D eigenvalue weighted by Crippen LogP contribution is -2.34. The highest BCUT2D eigenvalue weighted by molar-refractivity contribution is 5.95. The van der Waals surface area contributed by atoms with Gasteiger partial charge < -0.3 is 15.4 Å². The molecule has 5 nitrogen and oxygen atoms in total. The Morgan fingerprint density at radius 3 is 2.67 bits per heavy atom. The van der Waals surface area contributed by atoms with E-state index in [1.54, 1.807) is 19.2 Å². The molecule has 1 rings (SSSR count). The van der Waals surface area contributed by atoms with E-state index in [1.165, 1.54) is 0 Å². The van der Waals surface area contributed by atoms with Crippen LogP contribution in [0.15, 0.2) is 12.3 Å². The van der Waals surface area contributed by atoms with Crippen molar-refractivity contribution in [1.29, 1.82) is 0 Å². The van der Waals surface area contributed by atoms with Crippen LogP contribution in [-0.4, -0.2) is 30.1 Å². The first-order valence-corrected chi connectivity index (χ1v) is 7.70. The van der Waals surface area contributed by atoms with E-state index in [-0.39, 0.29) is 12.0 Å². The van der Waals surface area contributed by atoms with Gasteiger partial charge in [-0.2, -0.15) is 0 Å². The summed E-state index contributed by atoms with van der Waals surface area (Å²) in [4.78, 5) is 18.7. The first-order valence-electron chi connectivity index (χ1n) is 7.70. The number of anilines is 2. The second kappa shape index (κ2) is 8.49. The number of aromatic nitrogens is 1. The van der Waals surface area contributed by atoms with Crippen LogP contribution in [0, 0.1) is 0 Å². The Morgan fingerprint density at radius 1 is 1.38 bits per heavy atom. The van der Waals surface area contributed by atoms with Crippen LogP contribution in [0.4, 0.5) is 11.5 Å². The molecule has 0 aliphatic heterocycles. The molecule has 118 valence electrons. The monoisotopic (exact) mass is 293 g/mol. The average Bonchev–Trinajstić information content (AvgIpc) is 2.44. The predicted octanol–water partition coefficient (Wildman–Crippen LogP) is 3.25. The van der Waals surface area contributed by atoms with Gasteiger partial charge in [-0.15, -0.1) is 0 Å². The molecule has 0 aliphatic carbocycles. The molecule has 2 N–H and O–H groups in total. The number of carbonyl (C=O) groups excluding carboxylic acids is 1. The van der Waals surface area contributed by atoms with Gasteiger partial charge in [-0.3, -0.25) is 0 Å². The molecule has 0 atom stereocenters. The second-order valence-electron chi connectivity index (χ2n) is 5.35. The number of hydrogen-bond donors (Lipinski definition) is 1. The summed E-state index contributed by atoms with van der Waals surface area (Å²) in [5.41, 5.74) is 6.69. The number of nitrogens with zero attached hydrogens (tertiary/aromatic N) is 2. The van der Waals surface area contributed by atoms with Crippen molar-refractivity contribution in [2.45, 2.75) is 53.0 Å². The van der Waals surface area contributed by atoms with Crippen molar-refractivity contribution < 1.29 is 9.53 Å². The number of rotatable bonds is 8. The van der Waals surface area contributed by atoms with Gasteiger partial charge in [-0.1, -0.05) is 19.8 Å². The van der Waals surface area contributed by atoms with Crippen molar-refractivity contribution in [3.8, 4) is 0 Å². The van der Waals surface area contributed by atoms with E-state index in [9.17, 15) is 4.79 Å². The molecule has 0 fully saturated rings. The van der Waals surface area contributed by atoms with Gasteiger partial charge in [0, 0.05) is 12.6 Å². The minimum Gasteiger partial charge on any atom is -0.462 e. The van der Waals surface area contributed by atoms with E-state index in [0.29, 0.717) is 23.7 Å². The van der Waals surface area contributed by atoms with Gasteiger partial charge in [-0.05, 0) is 33.3 Å². The molecular weight excluding hydrogens is 266 g/mol. The third kappa shape index (κ3) is 4.92. The van der Waals surface area contributed by atoms with Crippen LogP contribution in [0.25, 0.3) is 0 Å². The molecule has 0 aliphatic rings. The number of pyridine rings is 1. The lowest BCUT2D eigenvalue weighted by Gasteiger charge is -2.29. The van der Waals surface area contributed by atoms with E-state index in [0.717, 1.165) is 25.8 Å². The van der Waals surface area contributed by atoms with Crippen molar-refractivity contribution >= 4 is 17.5 Å². The van der Waals surface area contributed by atoms with Gasteiger partial charge in [0.05, 0.1) is 18.5 Å². The van der Waals surface area contributed by atoms with Gasteiger partial charge in [0.25, 0.3) is 0 Å². The van der Waals surface area contributed by atoms with E-state index in [2.05, 4.69) is 30.7 Å². The van der Waals surface area contributed by atoms with Crippen LogP contribution in [0.2, 0.25) is 0 Å². The molecule has 5 heteroatoms. The number of ether oxygens (including phenoxy) is 1. The molecule has 1 aromatic rings. The summed E-state index contributed by atoms with van der Waals surface area (Å²) >= 11 is 0. The van der Waals surface area contributed by atoms with E-state index in [4.69, 9.17) is 10.5 Å². The Balaban J connectivity index is 3.08. The highest BCUT2D eigenvalue weighted by atomic mass is 16.5. The highest BCUT2D eigenvalue weighted by Crippen LogP contribution is 2.23. The number of carbonyl (C=O) groups is 1. The van der Waals surface area contributed by atoms with Gasteiger partial charge >= 0.3 is 5.97 Å². The zero-order valence-corrected chi connectivity index (χ0v) is 13.6. The molecule has 0 aromatic carbocycles. The summed E-state index contributed by atoms with van der Waals surface area (Å²) in [6.45, 7) is 9.36. The van der Waals surface area contributed by atoms with Crippen LogP contribution in [0.5, 0.6) is 0 Å². The molecule has 0 spiro atoms. The molecule has 0 amide bonds. The van der Waals surface area contributed by atoms with E-state index < -0.39 is 0 Å². The molecule has 21 heavy (non-hydrogen) atoms. The molecule has 0 saturated heterocycles. The summed E-state index contributed by atoms with van der Waals surface area (Å²) < 4.78 is 5.12. The lowest BCUT2D eigenvalue weighted by atomic mass is 10.1. The van der Waals surface area contributed by atoms with Crippen LogP contribution in [0.3, 0.4) is 0 Å². The third-order valence-electron chi connectivity index (χ3n) is 3.28. The fraction of sp³-hybridized carbons (Fsp3) is 0.625. The van der Waals surface area contributed by atoms with Crippen molar-refractivity contribution in [1.82, 2.24) is 4.98 Å². The average molecular weight is 293 g/mol. The molecule has 0 bridgehead atoms. The maximum absolute atomic E-state index is 12.1. The number of nitrogens with two attached hydrogens (primary N) is 1. The first-order chi connectivity index (χ1) is 10.0. The molecule has 1 aromatic heterocycles. The zero-order chi connectivity index (χ0) is 15.8. The Labute approximate surface area is 127 Å². The lowest BCUT2D eigenvalue weighted by molar-refractivity contribution is 0.0526. The van der Waals surface area contributed by atoms with E-state index >= 15 is 0 Å². The number of esters is 1. The quantitative estimate of drug-likeness (QED) is 0.588.